The van der Waals surface area contributed by atoms with Crippen molar-refractivity contribution in [3.05, 3.63) is 81.6 Å². The van der Waals surface area contributed by atoms with Crippen LogP contribution in [0.1, 0.15) is 29.5 Å². The van der Waals surface area contributed by atoms with Crippen molar-refractivity contribution in [2.75, 3.05) is 13.2 Å². The molecule has 0 unspecified atom stereocenters. The summed E-state index contributed by atoms with van der Waals surface area (Å²) in [6.07, 6.45) is 2.35. The van der Waals surface area contributed by atoms with Crippen molar-refractivity contribution in [3.63, 3.8) is 0 Å². The number of aromatic nitrogens is 1. The number of fused-ring (bicyclic) bond motifs is 1. The predicted octanol–water partition coefficient (Wildman–Crippen LogP) is 3.89. The molecule has 1 aromatic heterocycles. The van der Waals surface area contributed by atoms with Crippen LogP contribution in [-0.2, 0) is 17.8 Å². The fraction of sp³-hybridized carbons (Fsp3) is 0.333. The molecule has 30 heavy (non-hydrogen) atoms. The molecule has 2 heterocycles. The van der Waals surface area contributed by atoms with Gasteiger partial charge in [-0.25, -0.2) is 0 Å². The minimum absolute atomic E-state index is 0.0724. The van der Waals surface area contributed by atoms with Crippen molar-refractivity contribution >= 4 is 28.2 Å². The first-order valence-electron chi connectivity index (χ1n) is 10.4. The van der Waals surface area contributed by atoms with Crippen LogP contribution in [0, 0.1) is 6.92 Å². The number of hydrogen-bond acceptors (Lipinski definition) is 3. The lowest BCUT2D eigenvalue weighted by atomic mass is 10.1. The molecule has 1 fully saturated rings. The predicted molar refractivity (Wildman–Crippen MR) is 125 cm³/mol. The first-order valence-corrected chi connectivity index (χ1v) is 10.8. The molecule has 0 saturated carbocycles. The number of pyridine rings is 1. The molecule has 5 nitrogen and oxygen atoms in total. The van der Waals surface area contributed by atoms with E-state index in [4.69, 9.17) is 17.0 Å². The van der Waals surface area contributed by atoms with E-state index in [0.29, 0.717) is 30.3 Å². The molecule has 2 N–H and O–H groups in total. The van der Waals surface area contributed by atoms with E-state index in [9.17, 15) is 4.79 Å². The Hall–Kier alpha value is -2.70. The highest BCUT2D eigenvalue weighted by Crippen LogP contribution is 2.17. The molecule has 0 bridgehead atoms. The Morgan fingerprint density at radius 2 is 2.03 bits per heavy atom. The lowest BCUT2D eigenvalue weighted by Gasteiger charge is -2.27. The zero-order valence-corrected chi connectivity index (χ0v) is 18.0. The van der Waals surface area contributed by atoms with E-state index in [0.717, 1.165) is 41.5 Å². The first kappa shape index (κ1) is 20.6. The van der Waals surface area contributed by atoms with Gasteiger partial charge < -0.3 is 19.9 Å². The van der Waals surface area contributed by atoms with Crippen LogP contribution >= 0.6 is 12.2 Å². The number of aryl methyl sites for hydroxylation is 1. The van der Waals surface area contributed by atoms with E-state index < -0.39 is 0 Å². The highest BCUT2D eigenvalue weighted by atomic mass is 32.1. The number of nitrogens with one attached hydrogen (secondary N) is 2. The molecule has 6 heteroatoms. The quantitative estimate of drug-likeness (QED) is 0.592. The van der Waals surface area contributed by atoms with Gasteiger partial charge in [0.1, 0.15) is 0 Å². The Kier molecular flexibility index (Phi) is 6.45. The molecule has 1 aliphatic rings. The molecule has 1 aliphatic heterocycles. The maximum atomic E-state index is 12.8. The average molecular weight is 422 g/mol. The van der Waals surface area contributed by atoms with Gasteiger partial charge in [-0.2, -0.15) is 0 Å². The van der Waals surface area contributed by atoms with Crippen molar-refractivity contribution in [1.29, 1.82) is 0 Å². The summed E-state index contributed by atoms with van der Waals surface area (Å²) in [5, 5.41) is 5.02. The summed E-state index contributed by atoms with van der Waals surface area (Å²) in [6, 6.07) is 18.2. The fourth-order valence-electron chi connectivity index (χ4n) is 3.87. The van der Waals surface area contributed by atoms with Gasteiger partial charge in [-0.05, 0) is 54.6 Å². The highest BCUT2D eigenvalue weighted by Gasteiger charge is 2.18. The summed E-state index contributed by atoms with van der Waals surface area (Å²) in [5.41, 5.74) is 3.72. The molecule has 2 aromatic carbocycles. The van der Waals surface area contributed by atoms with Gasteiger partial charge in [0.25, 0.3) is 5.56 Å². The average Bonchev–Trinajstić information content (AvgIpc) is 3.27. The Labute approximate surface area is 182 Å². The minimum Gasteiger partial charge on any atom is -0.376 e. The van der Waals surface area contributed by atoms with Crippen molar-refractivity contribution < 1.29 is 4.74 Å². The lowest BCUT2D eigenvalue weighted by molar-refractivity contribution is 0.113. The minimum atomic E-state index is -0.0724. The number of aromatic amines is 1. The number of rotatable bonds is 6. The van der Waals surface area contributed by atoms with Crippen LogP contribution in [0.3, 0.4) is 0 Å². The first-order chi connectivity index (χ1) is 14.6. The van der Waals surface area contributed by atoms with E-state index in [-0.39, 0.29) is 11.7 Å². The SMILES string of the molecule is Cc1cccc2cc(CN(Cc3ccccc3)C(=S)NC[C@@H]3CCCO3)c(=O)[nH]c12. The van der Waals surface area contributed by atoms with Crippen molar-refractivity contribution in [3.8, 4) is 0 Å². The van der Waals surface area contributed by atoms with Gasteiger partial charge in [0.05, 0.1) is 18.2 Å². The number of hydrogen-bond donors (Lipinski definition) is 2. The zero-order chi connectivity index (χ0) is 20.9. The largest absolute Gasteiger partial charge is 0.376 e. The Balaban J connectivity index is 1.57. The molecule has 0 radical (unpaired) electrons. The maximum Gasteiger partial charge on any atom is 0.253 e. The fourth-order valence-corrected chi connectivity index (χ4v) is 4.09. The van der Waals surface area contributed by atoms with Gasteiger partial charge in [0.15, 0.2) is 5.11 Å². The van der Waals surface area contributed by atoms with E-state index >= 15 is 0 Å². The molecule has 1 atom stereocenters. The Morgan fingerprint density at radius 3 is 2.80 bits per heavy atom. The third-order valence-electron chi connectivity index (χ3n) is 5.53. The highest BCUT2D eigenvalue weighted by molar-refractivity contribution is 7.80. The topological polar surface area (TPSA) is 57.4 Å². The summed E-state index contributed by atoms with van der Waals surface area (Å²) in [7, 11) is 0. The van der Waals surface area contributed by atoms with Gasteiger partial charge in [-0.1, -0.05) is 48.5 Å². The van der Waals surface area contributed by atoms with Crippen LogP contribution in [0.4, 0.5) is 0 Å². The number of nitrogens with zero attached hydrogens (tertiary/aromatic N) is 1. The van der Waals surface area contributed by atoms with E-state index in [1.165, 1.54) is 0 Å². The number of benzene rings is 2. The smallest absolute Gasteiger partial charge is 0.253 e. The molecule has 1 saturated heterocycles. The normalized spacial score (nSPS) is 16.0. The van der Waals surface area contributed by atoms with Crippen molar-refractivity contribution in [2.45, 2.75) is 39.0 Å². The molecule has 0 amide bonds. The number of ether oxygens (including phenoxy) is 1. The number of para-hydroxylation sites is 1. The molecule has 156 valence electrons. The van der Waals surface area contributed by atoms with Crippen LogP contribution in [0.5, 0.6) is 0 Å². The van der Waals surface area contributed by atoms with Gasteiger partial charge in [-0.3, -0.25) is 4.79 Å². The second-order valence-corrected chi connectivity index (χ2v) is 8.21. The summed E-state index contributed by atoms with van der Waals surface area (Å²) in [6.45, 7) is 4.58. The van der Waals surface area contributed by atoms with Gasteiger partial charge in [0.2, 0.25) is 0 Å². The second kappa shape index (κ2) is 9.41. The van der Waals surface area contributed by atoms with Gasteiger partial charge >= 0.3 is 0 Å². The molecular formula is C24H27N3O2S. The molecule has 0 spiro atoms. The van der Waals surface area contributed by atoms with E-state index in [2.05, 4.69) is 22.4 Å². The Morgan fingerprint density at radius 1 is 1.20 bits per heavy atom. The standard InChI is InChI=1S/C24H27N3O2S/c1-17-7-5-10-19-13-20(23(28)26-22(17)19)16-27(15-18-8-3-2-4-9-18)24(30)25-14-21-11-6-12-29-21/h2-5,7-10,13,21H,6,11-12,14-16H2,1H3,(H,25,30)(H,26,28)/t21-/m0/s1. The summed E-state index contributed by atoms with van der Waals surface area (Å²) in [4.78, 5) is 17.9. The van der Waals surface area contributed by atoms with E-state index in [1.54, 1.807) is 0 Å². The second-order valence-electron chi connectivity index (χ2n) is 7.83. The molecule has 0 aliphatic carbocycles. The monoisotopic (exact) mass is 421 g/mol. The number of thiocarbonyl (C=S) groups is 1. The van der Waals surface area contributed by atoms with Gasteiger partial charge in [-0.15, -0.1) is 0 Å². The van der Waals surface area contributed by atoms with Crippen LogP contribution in [0.15, 0.2) is 59.4 Å². The van der Waals surface area contributed by atoms with Crippen LogP contribution in [-0.4, -0.2) is 34.3 Å². The zero-order valence-electron chi connectivity index (χ0n) is 17.2. The maximum absolute atomic E-state index is 12.8. The van der Waals surface area contributed by atoms with Crippen LogP contribution < -0.4 is 10.9 Å². The third-order valence-corrected chi connectivity index (χ3v) is 5.94. The van der Waals surface area contributed by atoms with Crippen molar-refractivity contribution in [2.24, 2.45) is 0 Å². The number of H-pyrrole nitrogens is 1. The summed E-state index contributed by atoms with van der Waals surface area (Å²) >= 11 is 5.72. The third kappa shape index (κ3) is 4.89. The van der Waals surface area contributed by atoms with Crippen LogP contribution in [0.2, 0.25) is 0 Å². The van der Waals surface area contributed by atoms with E-state index in [1.807, 2.05) is 54.3 Å². The van der Waals surface area contributed by atoms with Crippen molar-refractivity contribution in [1.82, 2.24) is 15.2 Å². The van der Waals surface area contributed by atoms with Crippen LogP contribution in [0.25, 0.3) is 10.9 Å². The van der Waals surface area contributed by atoms with Gasteiger partial charge in [0, 0.05) is 25.3 Å². The molecular weight excluding hydrogens is 394 g/mol. The molecule has 3 aromatic rings. The summed E-state index contributed by atoms with van der Waals surface area (Å²) < 4.78 is 5.70. The molecule has 4 rings (SSSR count). The summed E-state index contributed by atoms with van der Waals surface area (Å²) in [5.74, 6) is 0. The Bertz CT molecular complexity index is 1070. The lowest BCUT2D eigenvalue weighted by Crippen LogP contribution is -2.42.